The molecular weight excluding hydrogens is 431 g/mol. The lowest BCUT2D eigenvalue weighted by atomic mass is 9.95. The number of aryl methyl sites for hydroxylation is 2. The number of carbonyl (C=O) groups excluding carboxylic acids is 2. The number of aliphatic hydroxyl groups is 1. The molecule has 1 aromatic heterocycles. The van der Waals surface area contributed by atoms with Gasteiger partial charge in [0.05, 0.1) is 23.9 Å². The minimum Gasteiger partial charge on any atom is -0.507 e. The Hall–Kier alpha value is -3.52. The average molecular weight is 453 g/mol. The number of amides is 1. The first kappa shape index (κ1) is 21.7. The van der Waals surface area contributed by atoms with E-state index in [9.17, 15) is 19.1 Å². The number of benzene rings is 2. The number of ether oxygens (including phenoxy) is 1. The van der Waals surface area contributed by atoms with Crippen LogP contribution in [0.15, 0.2) is 54.1 Å². The Kier molecular flexibility index (Phi) is 5.80. The van der Waals surface area contributed by atoms with Crippen molar-refractivity contribution in [1.82, 2.24) is 4.98 Å². The number of hydrogen-bond acceptors (Lipinski definition) is 6. The normalized spacial score (nSPS) is 17.8. The molecule has 2 aromatic carbocycles. The number of halogens is 1. The van der Waals surface area contributed by atoms with Crippen LogP contribution in [0.4, 0.5) is 9.52 Å². The second-order valence-electron chi connectivity index (χ2n) is 7.32. The Labute approximate surface area is 188 Å². The van der Waals surface area contributed by atoms with Crippen LogP contribution in [0.5, 0.6) is 5.75 Å². The molecule has 1 amide bonds. The molecule has 0 saturated carbocycles. The second-order valence-corrected chi connectivity index (χ2v) is 8.50. The first-order chi connectivity index (χ1) is 15.3. The number of aliphatic hydroxyl groups excluding tert-OH is 1. The molecule has 1 aliphatic heterocycles. The van der Waals surface area contributed by atoms with Crippen molar-refractivity contribution in [2.24, 2.45) is 0 Å². The second kappa shape index (κ2) is 8.55. The zero-order valence-electron chi connectivity index (χ0n) is 17.8. The molecule has 1 fully saturated rings. The fraction of sp³-hybridized carbons (Fsp3) is 0.208. The molecule has 8 heteroatoms. The van der Waals surface area contributed by atoms with Crippen LogP contribution < -0.4 is 9.64 Å². The molecule has 0 radical (unpaired) electrons. The summed E-state index contributed by atoms with van der Waals surface area (Å²) in [5.74, 6) is -1.75. The van der Waals surface area contributed by atoms with E-state index >= 15 is 0 Å². The van der Waals surface area contributed by atoms with E-state index in [1.165, 1.54) is 40.5 Å². The maximum atomic E-state index is 13.6. The SMILES string of the molecule is CCOc1ccc(C(O)=C2C(=O)C(=O)N(c3nc(C)c(C)s3)[C@H]2c2ccc(F)cc2)cc1. The molecule has 1 aliphatic rings. The van der Waals surface area contributed by atoms with Gasteiger partial charge in [0.2, 0.25) is 0 Å². The molecule has 32 heavy (non-hydrogen) atoms. The third kappa shape index (κ3) is 3.78. The van der Waals surface area contributed by atoms with Crippen molar-refractivity contribution < 1.29 is 23.8 Å². The Bertz CT molecular complexity index is 1200. The largest absolute Gasteiger partial charge is 0.507 e. The van der Waals surface area contributed by atoms with E-state index in [1.54, 1.807) is 24.3 Å². The summed E-state index contributed by atoms with van der Waals surface area (Å²) in [5.41, 5.74) is 1.53. The van der Waals surface area contributed by atoms with E-state index in [-0.39, 0.29) is 11.3 Å². The van der Waals surface area contributed by atoms with Gasteiger partial charge in [-0.1, -0.05) is 12.1 Å². The molecule has 1 atom stereocenters. The van der Waals surface area contributed by atoms with Crippen molar-refractivity contribution in [3.8, 4) is 5.75 Å². The lowest BCUT2D eigenvalue weighted by Gasteiger charge is -2.23. The van der Waals surface area contributed by atoms with Crippen LogP contribution in [-0.4, -0.2) is 28.4 Å². The lowest BCUT2D eigenvalue weighted by molar-refractivity contribution is -0.132. The maximum absolute atomic E-state index is 13.6. The summed E-state index contributed by atoms with van der Waals surface area (Å²) in [4.78, 5) is 32.8. The number of carbonyl (C=O) groups is 2. The maximum Gasteiger partial charge on any atom is 0.301 e. The molecular formula is C24H21FN2O4S. The van der Waals surface area contributed by atoms with E-state index < -0.39 is 23.5 Å². The Morgan fingerprint density at radius 1 is 1.12 bits per heavy atom. The highest BCUT2D eigenvalue weighted by molar-refractivity contribution is 7.16. The average Bonchev–Trinajstić information content (AvgIpc) is 3.24. The van der Waals surface area contributed by atoms with Crippen molar-refractivity contribution in [2.75, 3.05) is 11.5 Å². The molecule has 4 rings (SSSR count). The Morgan fingerprint density at radius 3 is 2.34 bits per heavy atom. The third-order valence-corrected chi connectivity index (χ3v) is 6.36. The zero-order valence-corrected chi connectivity index (χ0v) is 18.6. The molecule has 0 unspecified atom stereocenters. The van der Waals surface area contributed by atoms with Crippen molar-refractivity contribution in [3.05, 3.63) is 81.6 Å². The fourth-order valence-corrected chi connectivity index (χ4v) is 4.52. The van der Waals surface area contributed by atoms with E-state index in [4.69, 9.17) is 4.74 Å². The molecule has 6 nitrogen and oxygen atoms in total. The van der Waals surface area contributed by atoms with Crippen LogP contribution in [0.1, 0.15) is 34.7 Å². The number of ketones is 1. The van der Waals surface area contributed by atoms with Crippen LogP contribution in [0, 0.1) is 19.7 Å². The number of thiazole rings is 1. The molecule has 164 valence electrons. The third-order valence-electron chi connectivity index (χ3n) is 5.29. The summed E-state index contributed by atoms with van der Waals surface area (Å²) >= 11 is 1.28. The van der Waals surface area contributed by atoms with Crippen LogP contribution in [-0.2, 0) is 9.59 Å². The topological polar surface area (TPSA) is 79.7 Å². The molecule has 1 N–H and O–H groups in total. The van der Waals surface area contributed by atoms with Crippen molar-refractivity contribution in [1.29, 1.82) is 0 Å². The van der Waals surface area contributed by atoms with Gasteiger partial charge in [-0.2, -0.15) is 0 Å². The van der Waals surface area contributed by atoms with Gasteiger partial charge in [0.25, 0.3) is 5.78 Å². The zero-order chi connectivity index (χ0) is 23.0. The number of Topliss-reactive ketones (excluding diaryl/α,β-unsaturated/α-hetero) is 1. The quantitative estimate of drug-likeness (QED) is 0.338. The van der Waals surface area contributed by atoms with E-state index in [2.05, 4.69) is 4.98 Å². The Balaban J connectivity index is 1.89. The van der Waals surface area contributed by atoms with Gasteiger partial charge in [-0.25, -0.2) is 9.37 Å². The first-order valence-corrected chi connectivity index (χ1v) is 10.9. The highest BCUT2D eigenvalue weighted by atomic mass is 32.1. The first-order valence-electron chi connectivity index (χ1n) is 10.1. The van der Waals surface area contributed by atoms with Crippen molar-refractivity contribution in [3.63, 3.8) is 0 Å². The Morgan fingerprint density at radius 2 is 1.78 bits per heavy atom. The van der Waals surface area contributed by atoms with Gasteiger partial charge in [-0.05, 0) is 62.7 Å². The summed E-state index contributed by atoms with van der Waals surface area (Å²) < 4.78 is 19.0. The van der Waals surface area contributed by atoms with Crippen LogP contribution in [0.2, 0.25) is 0 Å². The number of rotatable bonds is 5. The van der Waals surface area contributed by atoms with Gasteiger partial charge in [0, 0.05) is 10.4 Å². The summed E-state index contributed by atoms with van der Waals surface area (Å²) in [7, 11) is 0. The fourth-order valence-electron chi connectivity index (χ4n) is 3.58. The molecule has 0 aliphatic carbocycles. The van der Waals surface area contributed by atoms with Crippen molar-refractivity contribution in [2.45, 2.75) is 26.8 Å². The summed E-state index contributed by atoms with van der Waals surface area (Å²) in [6, 6.07) is 11.2. The van der Waals surface area contributed by atoms with Gasteiger partial charge in [0.15, 0.2) is 5.13 Å². The monoisotopic (exact) mass is 452 g/mol. The van der Waals surface area contributed by atoms with Gasteiger partial charge in [-0.15, -0.1) is 11.3 Å². The van der Waals surface area contributed by atoms with Crippen LogP contribution >= 0.6 is 11.3 Å². The van der Waals surface area contributed by atoms with E-state index in [1.807, 2.05) is 20.8 Å². The predicted octanol–water partition coefficient (Wildman–Crippen LogP) is 4.92. The van der Waals surface area contributed by atoms with E-state index in [0.29, 0.717) is 28.6 Å². The van der Waals surface area contributed by atoms with Crippen LogP contribution in [0.3, 0.4) is 0 Å². The van der Waals surface area contributed by atoms with Gasteiger partial charge in [-0.3, -0.25) is 14.5 Å². The number of anilines is 1. The molecule has 0 bridgehead atoms. The minimum atomic E-state index is -0.938. The molecule has 2 heterocycles. The summed E-state index contributed by atoms with van der Waals surface area (Å²) in [5, 5.41) is 11.4. The highest BCUT2D eigenvalue weighted by Crippen LogP contribution is 2.43. The van der Waals surface area contributed by atoms with Gasteiger partial charge in [0.1, 0.15) is 17.3 Å². The minimum absolute atomic E-state index is 0.0729. The smallest absolute Gasteiger partial charge is 0.301 e. The standard InChI is InChI=1S/C24H21FN2O4S/c1-4-31-18-11-7-16(8-12-18)21(28)19-20(15-5-9-17(25)10-6-15)27(23(30)22(19)29)24-26-13(2)14(3)32-24/h5-12,20,28H,4H2,1-3H3/t20-/m0/s1. The number of aromatic nitrogens is 1. The number of nitrogens with zero attached hydrogens (tertiary/aromatic N) is 2. The molecule has 0 spiro atoms. The lowest BCUT2D eigenvalue weighted by Crippen LogP contribution is -2.29. The summed E-state index contributed by atoms with van der Waals surface area (Å²) in [6.07, 6.45) is 0. The van der Waals surface area contributed by atoms with Crippen LogP contribution in [0.25, 0.3) is 5.76 Å². The number of hydrogen-bond donors (Lipinski definition) is 1. The predicted molar refractivity (Wildman–Crippen MR) is 120 cm³/mol. The molecule has 3 aromatic rings. The van der Waals surface area contributed by atoms with Gasteiger partial charge >= 0.3 is 5.91 Å². The summed E-state index contributed by atoms with van der Waals surface area (Å²) in [6.45, 7) is 6.05. The van der Waals surface area contributed by atoms with E-state index in [0.717, 1.165) is 10.6 Å². The highest BCUT2D eigenvalue weighted by Gasteiger charge is 2.48. The van der Waals surface area contributed by atoms with Gasteiger partial charge < -0.3 is 9.84 Å². The molecule has 1 saturated heterocycles. The van der Waals surface area contributed by atoms with Crippen molar-refractivity contribution >= 4 is 33.9 Å².